The summed E-state index contributed by atoms with van der Waals surface area (Å²) >= 11 is 0. The highest BCUT2D eigenvalue weighted by Crippen LogP contribution is 2.29. The predicted molar refractivity (Wildman–Crippen MR) is 81.5 cm³/mol. The number of aromatic nitrogens is 2. The molecule has 21 heavy (non-hydrogen) atoms. The third kappa shape index (κ3) is 2.71. The van der Waals surface area contributed by atoms with Crippen molar-refractivity contribution in [3.05, 3.63) is 59.4 Å². The number of hydrogen-bond donors (Lipinski definition) is 1. The number of fused-ring (bicyclic) bond motifs is 1. The molecule has 4 heteroatoms. The van der Waals surface area contributed by atoms with Gasteiger partial charge in [0.15, 0.2) is 5.75 Å². The fourth-order valence-electron chi connectivity index (χ4n) is 2.22. The molecule has 0 fully saturated rings. The van der Waals surface area contributed by atoms with Gasteiger partial charge in [-0.2, -0.15) is 0 Å². The lowest BCUT2D eigenvalue weighted by molar-refractivity contribution is 0.281. The van der Waals surface area contributed by atoms with Crippen molar-refractivity contribution >= 4 is 10.9 Å². The van der Waals surface area contributed by atoms with Crippen LogP contribution in [-0.2, 0) is 6.61 Å². The van der Waals surface area contributed by atoms with E-state index >= 15 is 0 Å². The Morgan fingerprint density at radius 2 is 2.00 bits per heavy atom. The lowest BCUT2D eigenvalue weighted by Crippen LogP contribution is -1.95. The quantitative estimate of drug-likeness (QED) is 0.797. The number of nitrogens with zero attached hydrogens (tertiary/aromatic N) is 2. The summed E-state index contributed by atoms with van der Waals surface area (Å²) in [5.74, 6) is 1.21. The molecule has 0 spiro atoms. The average Bonchev–Trinajstić information content (AvgIpc) is 2.49. The van der Waals surface area contributed by atoms with Crippen LogP contribution in [0.4, 0.5) is 0 Å². The second kappa shape index (κ2) is 5.50. The minimum atomic E-state index is -0.0247. The van der Waals surface area contributed by atoms with Crippen LogP contribution in [0.15, 0.2) is 42.6 Å². The molecule has 1 N–H and O–H groups in total. The van der Waals surface area contributed by atoms with E-state index in [9.17, 15) is 0 Å². The van der Waals surface area contributed by atoms with E-state index < -0.39 is 0 Å². The van der Waals surface area contributed by atoms with Crippen molar-refractivity contribution in [2.45, 2.75) is 20.5 Å². The molecule has 0 radical (unpaired) electrons. The summed E-state index contributed by atoms with van der Waals surface area (Å²) in [5.41, 5.74) is 3.42. The normalized spacial score (nSPS) is 10.8. The average molecular weight is 280 g/mol. The van der Waals surface area contributed by atoms with Crippen molar-refractivity contribution in [2.24, 2.45) is 0 Å². The Morgan fingerprint density at radius 3 is 2.76 bits per heavy atom. The molecule has 0 aliphatic carbocycles. The van der Waals surface area contributed by atoms with Gasteiger partial charge in [0.1, 0.15) is 5.52 Å². The van der Waals surface area contributed by atoms with Gasteiger partial charge in [0, 0.05) is 22.8 Å². The third-order valence-corrected chi connectivity index (χ3v) is 3.30. The van der Waals surface area contributed by atoms with Gasteiger partial charge in [0.2, 0.25) is 5.88 Å². The Hall–Kier alpha value is -2.46. The maximum absolute atomic E-state index is 9.12. The van der Waals surface area contributed by atoms with Crippen LogP contribution in [0.3, 0.4) is 0 Å². The van der Waals surface area contributed by atoms with E-state index in [1.54, 1.807) is 6.20 Å². The standard InChI is InChI=1S/C17H16N2O2/c1-11-8-13(10-20)9-18-17(11)21-15-5-3-4-14-7-6-12(2)19-16(14)15/h3-9,20H,10H2,1-2H3. The predicted octanol–water partition coefficient (Wildman–Crippen LogP) is 3.53. The molecule has 4 nitrogen and oxygen atoms in total. The molecule has 0 bridgehead atoms. The van der Waals surface area contributed by atoms with Crippen LogP contribution in [0.25, 0.3) is 10.9 Å². The Balaban J connectivity index is 2.04. The third-order valence-electron chi connectivity index (χ3n) is 3.30. The Morgan fingerprint density at radius 1 is 1.14 bits per heavy atom. The molecule has 0 amide bonds. The van der Waals surface area contributed by atoms with Gasteiger partial charge in [-0.25, -0.2) is 9.97 Å². The molecule has 0 aliphatic rings. The summed E-state index contributed by atoms with van der Waals surface area (Å²) in [5, 5.41) is 10.2. The van der Waals surface area contributed by atoms with Gasteiger partial charge in [0.25, 0.3) is 0 Å². The van der Waals surface area contributed by atoms with E-state index in [0.717, 1.165) is 27.7 Å². The minimum absolute atomic E-state index is 0.0247. The first-order valence-electron chi connectivity index (χ1n) is 6.78. The summed E-state index contributed by atoms with van der Waals surface area (Å²) in [7, 11) is 0. The molecular weight excluding hydrogens is 264 g/mol. The molecular formula is C17H16N2O2. The second-order valence-electron chi connectivity index (χ2n) is 5.01. The highest BCUT2D eigenvalue weighted by atomic mass is 16.5. The molecule has 0 unspecified atom stereocenters. The Labute approximate surface area is 123 Å². The molecule has 0 atom stereocenters. The van der Waals surface area contributed by atoms with E-state index in [-0.39, 0.29) is 6.61 Å². The molecule has 106 valence electrons. The van der Waals surface area contributed by atoms with Crippen LogP contribution in [0.5, 0.6) is 11.6 Å². The summed E-state index contributed by atoms with van der Waals surface area (Å²) in [6.45, 7) is 3.84. The van der Waals surface area contributed by atoms with Crippen LogP contribution in [0.1, 0.15) is 16.8 Å². The molecule has 0 saturated carbocycles. The van der Waals surface area contributed by atoms with E-state index in [4.69, 9.17) is 9.84 Å². The van der Waals surface area contributed by atoms with Crippen LogP contribution >= 0.6 is 0 Å². The molecule has 1 aromatic carbocycles. The fraction of sp³-hybridized carbons (Fsp3) is 0.176. The maximum Gasteiger partial charge on any atom is 0.222 e. The van der Waals surface area contributed by atoms with E-state index in [1.807, 2.05) is 50.2 Å². The van der Waals surface area contributed by atoms with E-state index in [2.05, 4.69) is 9.97 Å². The Kier molecular flexibility index (Phi) is 3.54. The van der Waals surface area contributed by atoms with Crippen LogP contribution in [-0.4, -0.2) is 15.1 Å². The summed E-state index contributed by atoms with van der Waals surface area (Å²) in [6, 6.07) is 11.7. The van der Waals surface area contributed by atoms with Crippen LogP contribution < -0.4 is 4.74 Å². The first kappa shape index (κ1) is 13.5. The highest BCUT2D eigenvalue weighted by Gasteiger charge is 2.08. The number of aliphatic hydroxyl groups is 1. The summed E-state index contributed by atoms with van der Waals surface area (Å²) in [4.78, 5) is 8.81. The van der Waals surface area contributed by atoms with Gasteiger partial charge in [-0.3, -0.25) is 0 Å². The van der Waals surface area contributed by atoms with Crippen molar-refractivity contribution in [2.75, 3.05) is 0 Å². The van der Waals surface area contributed by atoms with Gasteiger partial charge >= 0.3 is 0 Å². The maximum atomic E-state index is 9.12. The van der Waals surface area contributed by atoms with Crippen LogP contribution in [0.2, 0.25) is 0 Å². The first-order chi connectivity index (χ1) is 10.2. The zero-order valence-corrected chi connectivity index (χ0v) is 12.0. The van der Waals surface area contributed by atoms with Crippen molar-refractivity contribution in [1.82, 2.24) is 9.97 Å². The number of ether oxygens (including phenoxy) is 1. The largest absolute Gasteiger partial charge is 0.436 e. The Bertz CT molecular complexity index is 800. The lowest BCUT2D eigenvalue weighted by Gasteiger charge is -2.10. The number of hydrogen-bond acceptors (Lipinski definition) is 4. The highest BCUT2D eigenvalue weighted by molar-refractivity contribution is 5.84. The summed E-state index contributed by atoms with van der Waals surface area (Å²) < 4.78 is 5.92. The topological polar surface area (TPSA) is 55.2 Å². The zero-order chi connectivity index (χ0) is 14.8. The molecule has 0 aliphatic heterocycles. The zero-order valence-electron chi connectivity index (χ0n) is 12.0. The van der Waals surface area contributed by atoms with Gasteiger partial charge < -0.3 is 9.84 Å². The summed E-state index contributed by atoms with van der Waals surface area (Å²) in [6.07, 6.45) is 1.62. The minimum Gasteiger partial charge on any atom is -0.436 e. The number of rotatable bonds is 3. The molecule has 3 aromatic rings. The van der Waals surface area contributed by atoms with Crippen LogP contribution in [0, 0.1) is 13.8 Å². The lowest BCUT2D eigenvalue weighted by atomic mass is 10.2. The number of para-hydroxylation sites is 1. The first-order valence-corrected chi connectivity index (χ1v) is 6.78. The number of benzene rings is 1. The number of aryl methyl sites for hydroxylation is 2. The van der Waals surface area contributed by atoms with Crippen molar-refractivity contribution in [3.63, 3.8) is 0 Å². The monoisotopic (exact) mass is 280 g/mol. The number of pyridine rings is 2. The molecule has 2 aromatic heterocycles. The van der Waals surface area contributed by atoms with Gasteiger partial charge in [0.05, 0.1) is 6.61 Å². The molecule has 2 heterocycles. The van der Waals surface area contributed by atoms with E-state index in [1.165, 1.54) is 0 Å². The van der Waals surface area contributed by atoms with Crippen molar-refractivity contribution in [3.8, 4) is 11.6 Å². The smallest absolute Gasteiger partial charge is 0.222 e. The van der Waals surface area contributed by atoms with Gasteiger partial charge in [-0.15, -0.1) is 0 Å². The van der Waals surface area contributed by atoms with E-state index in [0.29, 0.717) is 11.6 Å². The van der Waals surface area contributed by atoms with Gasteiger partial charge in [-0.05, 0) is 37.6 Å². The second-order valence-corrected chi connectivity index (χ2v) is 5.01. The van der Waals surface area contributed by atoms with Gasteiger partial charge in [-0.1, -0.05) is 18.2 Å². The molecule has 0 saturated heterocycles. The number of aliphatic hydroxyl groups excluding tert-OH is 1. The molecule has 3 rings (SSSR count). The van der Waals surface area contributed by atoms with Crippen molar-refractivity contribution < 1.29 is 9.84 Å². The van der Waals surface area contributed by atoms with Crippen molar-refractivity contribution in [1.29, 1.82) is 0 Å². The fourth-order valence-corrected chi connectivity index (χ4v) is 2.22. The SMILES string of the molecule is Cc1ccc2cccc(Oc3ncc(CO)cc3C)c2n1.